The van der Waals surface area contributed by atoms with Crippen molar-refractivity contribution in [2.45, 2.75) is 32.1 Å². The highest BCUT2D eigenvalue weighted by atomic mass is 32.2. The highest BCUT2D eigenvalue weighted by Crippen LogP contribution is 2.29. The lowest BCUT2D eigenvalue weighted by atomic mass is 9.90. The van der Waals surface area contributed by atoms with Gasteiger partial charge in [-0.3, -0.25) is 9.59 Å². The van der Waals surface area contributed by atoms with Gasteiger partial charge in [-0.1, -0.05) is 12.1 Å². The van der Waals surface area contributed by atoms with Crippen LogP contribution in [0.15, 0.2) is 23.6 Å². The molecule has 3 N–H and O–H groups in total. The van der Waals surface area contributed by atoms with Crippen LogP contribution in [0.3, 0.4) is 0 Å². The number of hydrogen-bond acceptors (Lipinski definition) is 5. The summed E-state index contributed by atoms with van der Waals surface area (Å²) in [6.45, 7) is 0. The summed E-state index contributed by atoms with van der Waals surface area (Å²) in [5.74, 6) is 0.355. The first-order valence-corrected chi connectivity index (χ1v) is 10.4. The highest BCUT2D eigenvalue weighted by Gasteiger charge is 2.12. The van der Waals surface area contributed by atoms with Crippen LogP contribution in [0, 0.1) is 0 Å². The molecule has 2 aromatic rings. The number of nitrogens with two attached hydrogens (primary N) is 1. The third-order valence-electron chi connectivity index (χ3n) is 4.11. The van der Waals surface area contributed by atoms with Crippen molar-refractivity contribution in [1.82, 2.24) is 4.98 Å². The number of benzene rings is 1. The van der Waals surface area contributed by atoms with Gasteiger partial charge in [0.25, 0.3) is 0 Å². The minimum absolute atomic E-state index is 0.0942. The Bertz CT molecular complexity index is 773. The lowest BCUT2D eigenvalue weighted by molar-refractivity contribution is -0.116. The average Bonchev–Trinajstić information content (AvgIpc) is 3.06. The van der Waals surface area contributed by atoms with Crippen molar-refractivity contribution in [3.05, 3.63) is 34.7 Å². The standard InChI is InChI=1S/C18H21N3O2S2/c19-16(22)11-24-8-7-17(23)21-18-20-15(10-25-18)14-6-5-12-3-1-2-4-13(12)9-14/h5-6,9-10H,1-4,7-8,11H2,(H2,19,22)(H,20,21,23). The SMILES string of the molecule is NC(=O)CSCCC(=O)Nc1nc(-c2ccc3c(c2)CCCC3)cs1. The number of carbonyl (C=O) groups excluding carboxylic acids is 2. The smallest absolute Gasteiger partial charge is 0.227 e. The van der Waals surface area contributed by atoms with Gasteiger partial charge >= 0.3 is 0 Å². The summed E-state index contributed by atoms with van der Waals surface area (Å²) in [6.07, 6.45) is 5.17. The molecule has 1 aromatic heterocycles. The van der Waals surface area contributed by atoms with E-state index in [0.29, 0.717) is 17.3 Å². The first-order valence-electron chi connectivity index (χ1n) is 8.35. The maximum absolute atomic E-state index is 11.9. The molecule has 1 aromatic carbocycles. The van der Waals surface area contributed by atoms with E-state index < -0.39 is 0 Å². The van der Waals surface area contributed by atoms with E-state index in [9.17, 15) is 9.59 Å². The van der Waals surface area contributed by atoms with Gasteiger partial charge in [0.15, 0.2) is 5.13 Å². The number of carbonyl (C=O) groups is 2. The molecule has 7 heteroatoms. The van der Waals surface area contributed by atoms with Crippen molar-refractivity contribution in [2.24, 2.45) is 5.73 Å². The number of nitrogens with zero attached hydrogens (tertiary/aromatic N) is 1. The van der Waals surface area contributed by atoms with Gasteiger partial charge in [-0.15, -0.1) is 11.3 Å². The Labute approximate surface area is 155 Å². The summed E-state index contributed by atoms with van der Waals surface area (Å²) in [7, 11) is 0. The van der Waals surface area contributed by atoms with Crippen LogP contribution in [0.25, 0.3) is 11.3 Å². The molecule has 25 heavy (non-hydrogen) atoms. The van der Waals surface area contributed by atoms with E-state index >= 15 is 0 Å². The van der Waals surface area contributed by atoms with Gasteiger partial charge in [0.2, 0.25) is 11.8 Å². The molecule has 1 aliphatic carbocycles. The van der Waals surface area contributed by atoms with Gasteiger partial charge < -0.3 is 11.1 Å². The van der Waals surface area contributed by atoms with E-state index in [1.165, 1.54) is 53.5 Å². The summed E-state index contributed by atoms with van der Waals surface area (Å²) >= 11 is 2.79. The molecule has 1 heterocycles. The molecular weight excluding hydrogens is 354 g/mol. The molecule has 0 radical (unpaired) electrons. The second-order valence-corrected chi connectivity index (χ2v) is 8.01. The second-order valence-electron chi connectivity index (χ2n) is 6.05. The minimum Gasteiger partial charge on any atom is -0.369 e. The highest BCUT2D eigenvalue weighted by molar-refractivity contribution is 7.99. The lowest BCUT2D eigenvalue weighted by Crippen LogP contribution is -2.15. The first-order chi connectivity index (χ1) is 12.1. The van der Waals surface area contributed by atoms with Gasteiger partial charge in [0, 0.05) is 23.1 Å². The number of amides is 2. The lowest BCUT2D eigenvalue weighted by Gasteiger charge is -2.16. The third-order valence-corrected chi connectivity index (χ3v) is 5.85. The maximum atomic E-state index is 11.9. The van der Waals surface area contributed by atoms with E-state index in [1.807, 2.05) is 5.38 Å². The van der Waals surface area contributed by atoms with Gasteiger partial charge in [-0.05, 0) is 42.9 Å². The Balaban J connectivity index is 1.57. The van der Waals surface area contributed by atoms with Crippen molar-refractivity contribution in [1.29, 1.82) is 0 Å². The Kier molecular flexibility index (Phi) is 6.09. The van der Waals surface area contributed by atoms with Crippen molar-refractivity contribution in [3.63, 3.8) is 0 Å². The predicted molar refractivity (Wildman–Crippen MR) is 104 cm³/mol. The molecule has 0 aliphatic heterocycles. The van der Waals surface area contributed by atoms with Crippen LogP contribution >= 0.6 is 23.1 Å². The fraction of sp³-hybridized carbons (Fsp3) is 0.389. The molecule has 0 atom stereocenters. The molecule has 2 amide bonds. The Morgan fingerprint density at radius 3 is 2.84 bits per heavy atom. The average molecular weight is 376 g/mol. The minimum atomic E-state index is -0.361. The monoisotopic (exact) mass is 375 g/mol. The first kappa shape index (κ1) is 17.9. The zero-order chi connectivity index (χ0) is 17.6. The van der Waals surface area contributed by atoms with Crippen molar-refractivity contribution in [3.8, 4) is 11.3 Å². The van der Waals surface area contributed by atoms with Crippen molar-refractivity contribution in [2.75, 3.05) is 16.8 Å². The number of fused-ring (bicyclic) bond motifs is 1. The molecule has 0 unspecified atom stereocenters. The Hall–Kier alpha value is -1.86. The van der Waals surface area contributed by atoms with E-state index in [4.69, 9.17) is 5.73 Å². The topological polar surface area (TPSA) is 85.1 Å². The van der Waals surface area contributed by atoms with Gasteiger partial charge in [0.1, 0.15) is 0 Å². The quantitative estimate of drug-likeness (QED) is 0.728. The number of thioether (sulfide) groups is 1. The molecular formula is C18H21N3O2S2. The molecule has 1 aliphatic rings. The second kappa shape index (κ2) is 8.49. The fourth-order valence-corrected chi connectivity index (χ4v) is 4.29. The third kappa shape index (κ3) is 5.06. The fourth-order valence-electron chi connectivity index (χ4n) is 2.88. The summed E-state index contributed by atoms with van der Waals surface area (Å²) in [5.41, 5.74) is 9.95. The molecule has 5 nitrogen and oxygen atoms in total. The van der Waals surface area contributed by atoms with Gasteiger partial charge in [-0.2, -0.15) is 11.8 Å². The number of anilines is 1. The number of aromatic nitrogens is 1. The van der Waals surface area contributed by atoms with Gasteiger partial charge in [0.05, 0.1) is 11.4 Å². The molecule has 0 saturated heterocycles. The summed E-state index contributed by atoms with van der Waals surface area (Å²) in [6, 6.07) is 6.55. The van der Waals surface area contributed by atoms with E-state index in [0.717, 1.165) is 17.7 Å². The van der Waals surface area contributed by atoms with E-state index in [2.05, 4.69) is 28.5 Å². The number of rotatable bonds is 7. The summed E-state index contributed by atoms with van der Waals surface area (Å²) < 4.78 is 0. The van der Waals surface area contributed by atoms with Crippen LogP contribution in [0.2, 0.25) is 0 Å². The summed E-state index contributed by atoms with van der Waals surface area (Å²) in [5, 5.41) is 5.40. The molecule has 0 spiro atoms. The van der Waals surface area contributed by atoms with E-state index in [-0.39, 0.29) is 17.6 Å². The molecule has 0 fully saturated rings. The van der Waals surface area contributed by atoms with Crippen molar-refractivity contribution >= 4 is 40.0 Å². The molecule has 0 bridgehead atoms. The zero-order valence-corrected chi connectivity index (χ0v) is 15.5. The van der Waals surface area contributed by atoms with E-state index in [1.54, 1.807) is 0 Å². The normalized spacial score (nSPS) is 13.3. The molecule has 0 saturated carbocycles. The molecule has 132 valence electrons. The van der Waals surface area contributed by atoms with Crippen LogP contribution < -0.4 is 11.1 Å². The molecule has 3 rings (SSSR count). The van der Waals surface area contributed by atoms with Crippen LogP contribution in [-0.2, 0) is 22.4 Å². The number of aryl methyl sites for hydroxylation is 2. The largest absolute Gasteiger partial charge is 0.369 e. The number of primary amides is 1. The Morgan fingerprint density at radius 2 is 2.04 bits per heavy atom. The van der Waals surface area contributed by atoms with Crippen LogP contribution in [-0.4, -0.2) is 28.3 Å². The predicted octanol–water partition coefficient (Wildman–Crippen LogP) is 3.24. The number of hydrogen-bond donors (Lipinski definition) is 2. The zero-order valence-electron chi connectivity index (χ0n) is 13.9. The van der Waals surface area contributed by atoms with Crippen LogP contribution in [0.4, 0.5) is 5.13 Å². The Morgan fingerprint density at radius 1 is 1.24 bits per heavy atom. The van der Waals surface area contributed by atoms with Gasteiger partial charge in [-0.25, -0.2) is 4.98 Å². The summed E-state index contributed by atoms with van der Waals surface area (Å²) in [4.78, 5) is 27.1. The number of nitrogens with one attached hydrogen (secondary N) is 1. The van der Waals surface area contributed by atoms with Crippen LogP contribution in [0.5, 0.6) is 0 Å². The van der Waals surface area contributed by atoms with Crippen LogP contribution in [0.1, 0.15) is 30.4 Å². The number of thiazole rings is 1. The maximum Gasteiger partial charge on any atom is 0.227 e. The van der Waals surface area contributed by atoms with Crippen molar-refractivity contribution < 1.29 is 9.59 Å².